The summed E-state index contributed by atoms with van der Waals surface area (Å²) in [4.78, 5) is 13.9. The van der Waals surface area contributed by atoms with Gasteiger partial charge in [0.2, 0.25) is 5.91 Å². The van der Waals surface area contributed by atoms with Crippen molar-refractivity contribution in [3.8, 4) is 0 Å². The zero-order chi connectivity index (χ0) is 10.8. The number of amides is 1. The number of rotatable bonds is 2. The molecular formula is C11H20N2O2. The Labute approximate surface area is 90.6 Å². The standard InChI is InChI=1S/C11H20N2O2/c1-8(14)9-4-6-13(7-9)11(15)10-3-2-5-12-10/h8-10,12,14H,2-7H2,1H3/t8?,9?,10-/m0/s1. The van der Waals surface area contributed by atoms with Crippen LogP contribution in [0.3, 0.4) is 0 Å². The Morgan fingerprint density at radius 3 is 2.87 bits per heavy atom. The van der Waals surface area contributed by atoms with Crippen molar-refractivity contribution in [2.45, 2.75) is 38.3 Å². The molecule has 0 spiro atoms. The highest BCUT2D eigenvalue weighted by Gasteiger charge is 2.33. The van der Waals surface area contributed by atoms with Crippen molar-refractivity contribution in [2.75, 3.05) is 19.6 Å². The number of carbonyl (C=O) groups is 1. The van der Waals surface area contributed by atoms with Gasteiger partial charge in [-0.1, -0.05) is 0 Å². The quantitative estimate of drug-likeness (QED) is 0.676. The smallest absolute Gasteiger partial charge is 0.239 e. The fraction of sp³-hybridized carbons (Fsp3) is 0.909. The van der Waals surface area contributed by atoms with Gasteiger partial charge in [-0.2, -0.15) is 0 Å². The van der Waals surface area contributed by atoms with E-state index in [1.807, 2.05) is 11.8 Å². The second kappa shape index (κ2) is 4.49. The first-order valence-electron chi connectivity index (χ1n) is 5.88. The summed E-state index contributed by atoms with van der Waals surface area (Å²) in [5.74, 6) is 0.506. The van der Waals surface area contributed by atoms with Gasteiger partial charge in [0.15, 0.2) is 0 Å². The van der Waals surface area contributed by atoms with Gasteiger partial charge in [0.1, 0.15) is 0 Å². The number of hydrogen-bond acceptors (Lipinski definition) is 3. The van der Waals surface area contributed by atoms with Crippen LogP contribution in [0.15, 0.2) is 0 Å². The van der Waals surface area contributed by atoms with Crippen LogP contribution in [0.4, 0.5) is 0 Å². The van der Waals surface area contributed by atoms with Crippen LogP contribution in [-0.4, -0.2) is 47.7 Å². The van der Waals surface area contributed by atoms with Crippen molar-refractivity contribution in [2.24, 2.45) is 5.92 Å². The van der Waals surface area contributed by atoms with E-state index < -0.39 is 0 Å². The molecule has 0 aromatic heterocycles. The third-order valence-electron chi connectivity index (χ3n) is 3.58. The average molecular weight is 212 g/mol. The molecular weight excluding hydrogens is 192 g/mol. The molecule has 2 aliphatic rings. The van der Waals surface area contributed by atoms with E-state index >= 15 is 0 Å². The van der Waals surface area contributed by atoms with Gasteiger partial charge in [-0.3, -0.25) is 4.79 Å². The van der Waals surface area contributed by atoms with Crippen molar-refractivity contribution >= 4 is 5.91 Å². The van der Waals surface area contributed by atoms with E-state index in [0.717, 1.165) is 38.9 Å². The molecule has 0 aliphatic carbocycles. The number of carbonyl (C=O) groups excluding carboxylic acids is 1. The van der Waals surface area contributed by atoms with E-state index in [-0.39, 0.29) is 24.0 Å². The molecule has 2 heterocycles. The molecule has 4 heteroatoms. The minimum Gasteiger partial charge on any atom is -0.393 e. The van der Waals surface area contributed by atoms with Gasteiger partial charge in [-0.15, -0.1) is 0 Å². The highest BCUT2D eigenvalue weighted by atomic mass is 16.3. The molecule has 15 heavy (non-hydrogen) atoms. The van der Waals surface area contributed by atoms with Crippen molar-refractivity contribution in [1.29, 1.82) is 0 Å². The summed E-state index contributed by atoms with van der Waals surface area (Å²) in [6, 6.07) is 0.0396. The number of aliphatic hydroxyl groups excluding tert-OH is 1. The molecule has 2 N–H and O–H groups in total. The van der Waals surface area contributed by atoms with Crippen molar-refractivity contribution in [3.63, 3.8) is 0 Å². The zero-order valence-corrected chi connectivity index (χ0v) is 9.28. The van der Waals surface area contributed by atoms with E-state index in [9.17, 15) is 9.90 Å². The first-order valence-corrected chi connectivity index (χ1v) is 5.88. The third-order valence-corrected chi connectivity index (χ3v) is 3.58. The maximum Gasteiger partial charge on any atom is 0.239 e. The molecule has 2 rings (SSSR count). The molecule has 0 aromatic rings. The molecule has 2 fully saturated rings. The molecule has 4 nitrogen and oxygen atoms in total. The monoisotopic (exact) mass is 212 g/mol. The van der Waals surface area contributed by atoms with Gasteiger partial charge in [0.05, 0.1) is 12.1 Å². The van der Waals surface area contributed by atoms with Gasteiger partial charge in [-0.05, 0) is 32.7 Å². The molecule has 1 amide bonds. The summed E-state index contributed by atoms with van der Waals surface area (Å²) in [5.41, 5.74) is 0. The number of likely N-dealkylation sites (tertiary alicyclic amines) is 1. The number of hydrogen-bond donors (Lipinski definition) is 2. The van der Waals surface area contributed by atoms with Gasteiger partial charge in [0, 0.05) is 19.0 Å². The molecule has 2 unspecified atom stereocenters. The van der Waals surface area contributed by atoms with Crippen LogP contribution in [0.2, 0.25) is 0 Å². The molecule has 3 atom stereocenters. The van der Waals surface area contributed by atoms with E-state index in [2.05, 4.69) is 5.32 Å². The van der Waals surface area contributed by atoms with Crippen LogP contribution in [0.1, 0.15) is 26.2 Å². The van der Waals surface area contributed by atoms with Crippen LogP contribution in [0, 0.1) is 5.92 Å². The summed E-state index contributed by atoms with van der Waals surface area (Å²) in [5, 5.41) is 12.7. The van der Waals surface area contributed by atoms with Crippen LogP contribution >= 0.6 is 0 Å². The lowest BCUT2D eigenvalue weighted by Gasteiger charge is -2.21. The molecule has 0 saturated carbocycles. The number of aliphatic hydroxyl groups is 1. The minimum absolute atomic E-state index is 0.0396. The van der Waals surface area contributed by atoms with E-state index in [4.69, 9.17) is 0 Å². The summed E-state index contributed by atoms with van der Waals surface area (Å²) in [6.07, 6.45) is 2.72. The Hall–Kier alpha value is -0.610. The maximum absolute atomic E-state index is 12.0. The fourth-order valence-corrected chi connectivity index (χ4v) is 2.50. The summed E-state index contributed by atoms with van der Waals surface area (Å²) < 4.78 is 0. The minimum atomic E-state index is -0.292. The SMILES string of the molecule is CC(O)C1CCN(C(=O)[C@@H]2CCCN2)C1. The zero-order valence-electron chi connectivity index (χ0n) is 9.28. The normalized spacial score (nSPS) is 33.3. The fourth-order valence-electron chi connectivity index (χ4n) is 2.50. The first kappa shape index (κ1) is 10.9. The van der Waals surface area contributed by atoms with Crippen LogP contribution < -0.4 is 5.32 Å². The second-order valence-corrected chi connectivity index (χ2v) is 4.72. The third kappa shape index (κ3) is 2.32. The van der Waals surface area contributed by atoms with E-state index in [0.29, 0.717) is 0 Å². The van der Waals surface area contributed by atoms with Crippen molar-refractivity contribution < 1.29 is 9.90 Å². The molecule has 0 bridgehead atoms. The lowest BCUT2D eigenvalue weighted by molar-refractivity contribution is -0.132. The summed E-state index contributed by atoms with van der Waals surface area (Å²) >= 11 is 0. The topological polar surface area (TPSA) is 52.6 Å². The van der Waals surface area contributed by atoms with E-state index in [1.54, 1.807) is 0 Å². The van der Waals surface area contributed by atoms with E-state index in [1.165, 1.54) is 0 Å². The predicted octanol–water partition coefficient (Wildman–Crippen LogP) is -0.0323. The number of nitrogens with one attached hydrogen (secondary N) is 1. The Bertz CT molecular complexity index is 237. The highest BCUT2D eigenvalue weighted by Crippen LogP contribution is 2.21. The Morgan fingerprint density at radius 2 is 2.33 bits per heavy atom. The Balaban J connectivity index is 1.87. The summed E-state index contributed by atoms with van der Waals surface area (Å²) in [7, 11) is 0. The Kier molecular flexibility index (Phi) is 3.26. The predicted molar refractivity (Wildman–Crippen MR) is 57.4 cm³/mol. The largest absolute Gasteiger partial charge is 0.393 e. The maximum atomic E-state index is 12.0. The first-order chi connectivity index (χ1) is 7.18. The van der Waals surface area contributed by atoms with Crippen molar-refractivity contribution in [1.82, 2.24) is 10.2 Å². The second-order valence-electron chi connectivity index (χ2n) is 4.72. The van der Waals surface area contributed by atoms with Crippen LogP contribution in [-0.2, 0) is 4.79 Å². The van der Waals surface area contributed by atoms with Crippen LogP contribution in [0.5, 0.6) is 0 Å². The molecule has 0 radical (unpaired) electrons. The molecule has 86 valence electrons. The van der Waals surface area contributed by atoms with Gasteiger partial charge in [-0.25, -0.2) is 0 Å². The molecule has 2 aliphatic heterocycles. The molecule has 0 aromatic carbocycles. The van der Waals surface area contributed by atoms with Gasteiger partial charge < -0.3 is 15.3 Å². The lowest BCUT2D eigenvalue weighted by Crippen LogP contribution is -2.42. The lowest BCUT2D eigenvalue weighted by atomic mass is 10.0. The number of nitrogens with zero attached hydrogens (tertiary/aromatic N) is 1. The van der Waals surface area contributed by atoms with Gasteiger partial charge >= 0.3 is 0 Å². The van der Waals surface area contributed by atoms with Gasteiger partial charge in [0.25, 0.3) is 0 Å². The summed E-state index contributed by atoms with van der Waals surface area (Å²) in [6.45, 7) is 4.32. The average Bonchev–Trinajstić information content (AvgIpc) is 2.88. The Morgan fingerprint density at radius 1 is 1.53 bits per heavy atom. The van der Waals surface area contributed by atoms with Crippen molar-refractivity contribution in [3.05, 3.63) is 0 Å². The molecule has 2 saturated heterocycles. The highest BCUT2D eigenvalue weighted by molar-refractivity contribution is 5.82. The van der Waals surface area contributed by atoms with Crippen LogP contribution in [0.25, 0.3) is 0 Å².